The number of carbonyl (C=O) groups excluding carboxylic acids is 1. The number of hydrogen-bond donors (Lipinski definition) is 1. The van der Waals surface area contributed by atoms with Gasteiger partial charge in [0.1, 0.15) is 0 Å². The van der Waals surface area contributed by atoms with Crippen molar-refractivity contribution in [3.05, 3.63) is 16.1 Å². The summed E-state index contributed by atoms with van der Waals surface area (Å²) in [6.45, 7) is 7.86. The van der Waals surface area contributed by atoms with Gasteiger partial charge in [-0.2, -0.15) is 0 Å². The molecule has 1 N–H and O–H groups in total. The van der Waals surface area contributed by atoms with Gasteiger partial charge in [0, 0.05) is 37.5 Å². The Balaban J connectivity index is 1.66. The standard InChI is InChI=1S/C15H23N3OS/c1-10(2)13-9-20-14(17-13)11-4-3-5-18(8-11)15(19)12-6-16-7-12/h9-12,16H,3-8H2,1-2H3. The van der Waals surface area contributed by atoms with Gasteiger partial charge in [-0.3, -0.25) is 4.79 Å². The highest BCUT2D eigenvalue weighted by molar-refractivity contribution is 7.09. The zero-order chi connectivity index (χ0) is 14.1. The van der Waals surface area contributed by atoms with E-state index in [-0.39, 0.29) is 5.92 Å². The van der Waals surface area contributed by atoms with Crippen LogP contribution in [0.4, 0.5) is 0 Å². The summed E-state index contributed by atoms with van der Waals surface area (Å²) in [6, 6.07) is 0. The van der Waals surface area contributed by atoms with Gasteiger partial charge >= 0.3 is 0 Å². The van der Waals surface area contributed by atoms with Crippen molar-refractivity contribution in [2.75, 3.05) is 26.2 Å². The number of rotatable bonds is 3. The number of amides is 1. The summed E-state index contributed by atoms with van der Waals surface area (Å²) in [4.78, 5) is 19.2. The van der Waals surface area contributed by atoms with Crippen LogP contribution in [0.2, 0.25) is 0 Å². The Bertz CT molecular complexity index is 481. The average Bonchev–Trinajstić information content (AvgIpc) is 2.86. The summed E-state index contributed by atoms with van der Waals surface area (Å²) < 4.78 is 0. The number of hydrogen-bond acceptors (Lipinski definition) is 4. The van der Waals surface area contributed by atoms with Gasteiger partial charge in [-0.15, -0.1) is 11.3 Å². The Morgan fingerprint density at radius 2 is 2.30 bits per heavy atom. The van der Waals surface area contributed by atoms with Crippen LogP contribution >= 0.6 is 11.3 Å². The van der Waals surface area contributed by atoms with Gasteiger partial charge in [-0.1, -0.05) is 13.8 Å². The minimum absolute atomic E-state index is 0.219. The van der Waals surface area contributed by atoms with Crippen molar-refractivity contribution >= 4 is 17.2 Å². The van der Waals surface area contributed by atoms with Crippen molar-refractivity contribution < 1.29 is 4.79 Å². The highest BCUT2D eigenvalue weighted by atomic mass is 32.1. The van der Waals surface area contributed by atoms with Crippen molar-refractivity contribution in [3.63, 3.8) is 0 Å². The molecule has 0 aromatic carbocycles. The number of nitrogens with zero attached hydrogens (tertiary/aromatic N) is 2. The van der Waals surface area contributed by atoms with Crippen LogP contribution in [-0.2, 0) is 4.79 Å². The first-order valence-electron chi connectivity index (χ1n) is 7.60. The molecule has 0 radical (unpaired) electrons. The zero-order valence-corrected chi connectivity index (χ0v) is 13.1. The third kappa shape index (κ3) is 2.74. The predicted molar refractivity (Wildman–Crippen MR) is 81.1 cm³/mol. The summed E-state index contributed by atoms with van der Waals surface area (Å²) >= 11 is 1.76. The molecule has 1 unspecified atom stereocenters. The first-order chi connectivity index (χ1) is 9.65. The quantitative estimate of drug-likeness (QED) is 0.929. The smallest absolute Gasteiger partial charge is 0.228 e. The number of aromatic nitrogens is 1. The third-order valence-electron chi connectivity index (χ3n) is 4.34. The minimum atomic E-state index is 0.219. The van der Waals surface area contributed by atoms with Crippen LogP contribution in [0, 0.1) is 5.92 Å². The van der Waals surface area contributed by atoms with E-state index in [4.69, 9.17) is 4.98 Å². The van der Waals surface area contributed by atoms with E-state index in [0.29, 0.717) is 17.7 Å². The van der Waals surface area contributed by atoms with Gasteiger partial charge in [0.15, 0.2) is 0 Å². The van der Waals surface area contributed by atoms with Crippen molar-refractivity contribution in [2.45, 2.75) is 38.5 Å². The molecule has 1 aromatic heterocycles. The lowest BCUT2D eigenvalue weighted by Gasteiger charge is -2.37. The van der Waals surface area contributed by atoms with E-state index in [0.717, 1.165) is 39.0 Å². The summed E-state index contributed by atoms with van der Waals surface area (Å²) in [5, 5.41) is 6.58. The molecule has 1 atom stereocenters. The van der Waals surface area contributed by atoms with E-state index in [1.807, 2.05) is 0 Å². The first kappa shape index (κ1) is 14.0. The van der Waals surface area contributed by atoms with Gasteiger partial charge < -0.3 is 10.2 Å². The van der Waals surface area contributed by atoms with E-state index < -0.39 is 0 Å². The van der Waals surface area contributed by atoms with Crippen molar-refractivity contribution in [3.8, 4) is 0 Å². The maximum Gasteiger partial charge on any atom is 0.228 e. The molecule has 0 spiro atoms. The first-order valence-corrected chi connectivity index (χ1v) is 8.48. The van der Waals surface area contributed by atoms with Crippen LogP contribution in [-0.4, -0.2) is 42.0 Å². The maximum atomic E-state index is 12.3. The van der Waals surface area contributed by atoms with Crippen LogP contribution in [0.3, 0.4) is 0 Å². The molecule has 2 fully saturated rings. The number of likely N-dealkylation sites (tertiary alicyclic amines) is 1. The molecular formula is C15H23N3OS. The Kier molecular flexibility index (Phi) is 4.08. The van der Waals surface area contributed by atoms with Crippen LogP contribution in [0.5, 0.6) is 0 Å². The predicted octanol–water partition coefficient (Wildman–Crippen LogP) is 2.19. The molecule has 2 saturated heterocycles. The van der Waals surface area contributed by atoms with Crippen LogP contribution < -0.4 is 5.32 Å². The molecule has 0 aliphatic carbocycles. The summed E-state index contributed by atoms with van der Waals surface area (Å²) in [5.74, 6) is 1.49. The molecule has 0 saturated carbocycles. The molecule has 4 nitrogen and oxygen atoms in total. The van der Waals surface area contributed by atoms with Crippen LogP contribution in [0.15, 0.2) is 5.38 Å². The molecule has 3 heterocycles. The second-order valence-corrected chi connectivity index (χ2v) is 7.13. The molecule has 1 aromatic rings. The monoisotopic (exact) mass is 293 g/mol. The zero-order valence-electron chi connectivity index (χ0n) is 12.3. The summed E-state index contributed by atoms with van der Waals surface area (Å²) in [7, 11) is 0. The lowest BCUT2D eigenvalue weighted by Crippen LogP contribution is -2.53. The third-order valence-corrected chi connectivity index (χ3v) is 5.37. The van der Waals surface area contributed by atoms with E-state index in [1.54, 1.807) is 11.3 Å². The van der Waals surface area contributed by atoms with Crippen LogP contribution in [0.1, 0.15) is 49.2 Å². The number of thiazole rings is 1. The van der Waals surface area contributed by atoms with E-state index in [1.165, 1.54) is 10.7 Å². The normalized spacial score (nSPS) is 23.9. The SMILES string of the molecule is CC(C)c1csc(C2CCCN(C(=O)C3CNC3)C2)n1. The molecule has 0 bridgehead atoms. The Morgan fingerprint density at radius 3 is 2.90 bits per heavy atom. The van der Waals surface area contributed by atoms with Gasteiger partial charge in [-0.25, -0.2) is 4.98 Å². The fourth-order valence-electron chi connectivity index (χ4n) is 2.85. The molecule has 5 heteroatoms. The highest BCUT2D eigenvalue weighted by Gasteiger charge is 2.33. The molecule has 1 amide bonds. The van der Waals surface area contributed by atoms with Crippen molar-refractivity contribution in [1.82, 2.24) is 15.2 Å². The Labute approximate surface area is 124 Å². The highest BCUT2D eigenvalue weighted by Crippen LogP contribution is 2.31. The number of piperidine rings is 1. The molecule has 110 valence electrons. The molecule has 2 aliphatic rings. The van der Waals surface area contributed by atoms with Crippen molar-refractivity contribution in [1.29, 1.82) is 0 Å². The van der Waals surface area contributed by atoms with Gasteiger partial charge in [-0.05, 0) is 18.8 Å². The number of nitrogens with one attached hydrogen (secondary N) is 1. The fraction of sp³-hybridized carbons (Fsp3) is 0.733. The maximum absolute atomic E-state index is 12.3. The molecule has 3 rings (SSSR count). The van der Waals surface area contributed by atoms with Gasteiger partial charge in [0.05, 0.1) is 16.6 Å². The molecule has 2 aliphatic heterocycles. The van der Waals surface area contributed by atoms with E-state index in [2.05, 4.69) is 29.4 Å². The Hall–Kier alpha value is -0.940. The number of carbonyl (C=O) groups is 1. The minimum Gasteiger partial charge on any atom is -0.342 e. The average molecular weight is 293 g/mol. The fourth-order valence-corrected chi connectivity index (χ4v) is 3.96. The van der Waals surface area contributed by atoms with Gasteiger partial charge in [0.25, 0.3) is 0 Å². The van der Waals surface area contributed by atoms with E-state index >= 15 is 0 Å². The Morgan fingerprint density at radius 1 is 1.50 bits per heavy atom. The molecular weight excluding hydrogens is 270 g/mol. The lowest BCUT2D eigenvalue weighted by molar-refractivity contribution is -0.138. The largest absolute Gasteiger partial charge is 0.342 e. The second-order valence-electron chi connectivity index (χ2n) is 6.24. The van der Waals surface area contributed by atoms with E-state index in [9.17, 15) is 4.79 Å². The molecule has 20 heavy (non-hydrogen) atoms. The summed E-state index contributed by atoms with van der Waals surface area (Å²) in [6.07, 6.45) is 2.27. The summed E-state index contributed by atoms with van der Waals surface area (Å²) in [5.41, 5.74) is 1.19. The van der Waals surface area contributed by atoms with Crippen LogP contribution in [0.25, 0.3) is 0 Å². The second kappa shape index (κ2) is 5.82. The lowest BCUT2D eigenvalue weighted by atomic mass is 9.95. The topological polar surface area (TPSA) is 45.2 Å². The van der Waals surface area contributed by atoms with Crippen molar-refractivity contribution in [2.24, 2.45) is 5.92 Å². The van der Waals surface area contributed by atoms with Gasteiger partial charge in [0.2, 0.25) is 5.91 Å².